The summed E-state index contributed by atoms with van der Waals surface area (Å²) >= 11 is 0. The molecule has 3 aromatic heterocycles. The zero-order valence-electron chi connectivity index (χ0n) is 23.7. The smallest absolute Gasteiger partial charge is 0.341 e. The first-order chi connectivity index (χ1) is 20.3. The summed E-state index contributed by atoms with van der Waals surface area (Å²) < 4.78 is 16.4. The molecule has 0 bridgehead atoms. The number of aromatic nitrogens is 3. The van der Waals surface area contributed by atoms with Crippen LogP contribution in [-0.4, -0.2) is 77.4 Å². The number of nitrogens with zero attached hydrogens (tertiary/aromatic N) is 5. The Kier molecular flexibility index (Phi) is 6.16. The zero-order chi connectivity index (χ0) is 29.3. The number of fused-ring (bicyclic) bond motifs is 5. The molecule has 2 fully saturated rings. The molecular weight excluding hydrogens is 537 g/mol. The van der Waals surface area contributed by atoms with Gasteiger partial charge in [-0.3, -0.25) is 9.78 Å². The molecule has 5 heterocycles. The van der Waals surface area contributed by atoms with E-state index < -0.39 is 11.4 Å². The highest BCUT2D eigenvalue weighted by Gasteiger charge is 2.40. The van der Waals surface area contributed by atoms with Crippen LogP contribution in [0.25, 0.3) is 33.3 Å². The molecule has 2 aliphatic heterocycles. The summed E-state index contributed by atoms with van der Waals surface area (Å²) in [5.41, 5.74) is 9.01. The average molecular weight is 570 g/mol. The topological polar surface area (TPSA) is 116 Å². The molecular formula is C31H32FN7O3. The number of likely N-dealkylation sites (tertiary alicyclic amines) is 1. The van der Waals surface area contributed by atoms with Crippen molar-refractivity contribution in [2.24, 2.45) is 5.92 Å². The van der Waals surface area contributed by atoms with Gasteiger partial charge in [0.2, 0.25) is 5.43 Å². The first-order valence-electron chi connectivity index (χ1n) is 14.2. The van der Waals surface area contributed by atoms with E-state index in [2.05, 4.69) is 32.6 Å². The molecule has 2 saturated heterocycles. The van der Waals surface area contributed by atoms with Crippen molar-refractivity contribution >= 4 is 28.4 Å². The number of pyridine rings is 3. The van der Waals surface area contributed by atoms with Crippen molar-refractivity contribution in [2.75, 3.05) is 56.4 Å². The number of hydrogen-bond donors (Lipinski definition) is 3. The minimum absolute atomic E-state index is 0.187. The minimum atomic E-state index is -1.31. The minimum Gasteiger partial charge on any atom is -0.477 e. The quantitative estimate of drug-likeness (QED) is 0.292. The fraction of sp³-hybridized carbons (Fsp3) is 0.355. The number of likely N-dealkylation sites (N-methyl/N-ethyl adjacent to an activating group) is 1. The number of carboxylic acids is 1. The van der Waals surface area contributed by atoms with Gasteiger partial charge in [-0.2, -0.15) is 0 Å². The molecule has 3 N–H and O–H groups in total. The van der Waals surface area contributed by atoms with Gasteiger partial charge in [0.05, 0.1) is 16.8 Å². The van der Waals surface area contributed by atoms with Crippen molar-refractivity contribution in [3.05, 3.63) is 69.7 Å². The summed E-state index contributed by atoms with van der Waals surface area (Å²) in [5, 5.41) is 13.0. The van der Waals surface area contributed by atoms with Crippen LogP contribution in [0.2, 0.25) is 0 Å². The number of hydrogen-bond acceptors (Lipinski definition) is 8. The lowest BCUT2D eigenvalue weighted by molar-refractivity contribution is 0.0695. The van der Waals surface area contributed by atoms with Crippen LogP contribution in [0, 0.1) is 11.7 Å². The maximum atomic E-state index is 14.9. The highest BCUT2D eigenvalue weighted by atomic mass is 19.1. The standard InChI is InChI=1S/C31H32FN7O3/c1-33-24-9-18(32)8-20-19(24)10-25-27(20)28(38-13-16-5-4-6-37(3)26(16)15-38)22(12-35-25)17-7-21-29(40)23(31(41)42)14-39(34-2)30(21)36-11-17/h7-9,11-12,14,16,26,33-34H,4-6,10,13,15H2,1-3H3,(H,41,42)/t16-,26?/m1/s1. The summed E-state index contributed by atoms with van der Waals surface area (Å²) in [6.07, 6.45) is 7.66. The zero-order valence-corrected chi connectivity index (χ0v) is 23.7. The number of rotatable bonds is 5. The molecule has 7 rings (SSSR count). The molecule has 10 nitrogen and oxygen atoms in total. The molecule has 1 aliphatic carbocycles. The van der Waals surface area contributed by atoms with Crippen LogP contribution in [0.15, 0.2) is 41.6 Å². The van der Waals surface area contributed by atoms with E-state index in [1.54, 1.807) is 32.4 Å². The van der Waals surface area contributed by atoms with Crippen LogP contribution in [0.3, 0.4) is 0 Å². The van der Waals surface area contributed by atoms with Gasteiger partial charge >= 0.3 is 5.97 Å². The Bertz CT molecular complexity index is 1840. The summed E-state index contributed by atoms with van der Waals surface area (Å²) in [5.74, 6) is -1.12. The molecule has 0 amide bonds. The van der Waals surface area contributed by atoms with Gasteiger partial charge in [-0.25, -0.2) is 18.8 Å². The van der Waals surface area contributed by atoms with Crippen LogP contribution in [-0.2, 0) is 6.42 Å². The van der Waals surface area contributed by atoms with E-state index in [0.717, 1.165) is 71.8 Å². The molecule has 0 spiro atoms. The van der Waals surface area contributed by atoms with E-state index in [4.69, 9.17) is 4.98 Å². The number of carbonyl (C=O) groups is 1. The third kappa shape index (κ3) is 3.94. The third-order valence-electron chi connectivity index (χ3n) is 9.23. The first-order valence-corrected chi connectivity index (χ1v) is 14.2. The highest BCUT2D eigenvalue weighted by molar-refractivity contribution is 5.98. The number of anilines is 2. The first kappa shape index (κ1) is 26.4. The Labute approximate surface area is 241 Å². The average Bonchev–Trinajstić information content (AvgIpc) is 3.59. The van der Waals surface area contributed by atoms with Crippen molar-refractivity contribution in [3.8, 4) is 22.3 Å². The SMILES string of the molecule is CNc1cc(F)cc2c1Cc1ncc(-c3cnc4c(c3)c(=O)c(C(=O)O)cn4NC)c(N3CC4[C@H](CCCN4C)C3)c1-2. The Hall–Kier alpha value is -4.51. The van der Waals surface area contributed by atoms with E-state index in [0.29, 0.717) is 29.6 Å². The largest absolute Gasteiger partial charge is 0.477 e. The van der Waals surface area contributed by atoms with E-state index in [9.17, 15) is 19.1 Å². The fourth-order valence-corrected chi connectivity index (χ4v) is 7.21. The maximum absolute atomic E-state index is 14.9. The van der Waals surface area contributed by atoms with Gasteiger partial charge in [0.1, 0.15) is 11.4 Å². The predicted molar refractivity (Wildman–Crippen MR) is 161 cm³/mol. The van der Waals surface area contributed by atoms with Gasteiger partial charge in [-0.15, -0.1) is 0 Å². The van der Waals surface area contributed by atoms with Gasteiger partial charge < -0.3 is 25.6 Å². The lowest BCUT2D eigenvalue weighted by Gasteiger charge is -2.33. The second-order valence-electron chi connectivity index (χ2n) is 11.5. The van der Waals surface area contributed by atoms with Gasteiger partial charge in [0.15, 0.2) is 5.65 Å². The molecule has 0 saturated carbocycles. The van der Waals surface area contributed by atoms with Crippen LogP contribution in [0.4, 0.5) is 15.8 Å². The molecule has 216 valence electrons. The van der Waals surface area contributed by atoms with Crippen molar-refractivity contribution < 1.29 is 14.3 Å². The Morgan fingerprint density at radius 2 is 1.95 bits per heavy atom. The molecule has 42 heavy (non-hydrogen) atoms. The van der Waals surface area contributed by atoms with Crippen LogP contribution >= 0.6 is 0 Å². The van der Waals surface area contributed by atoms with Crippen molar-refractivity contribution in [2.45, 2.75) is 25.3 Å². The van der Waals surface area contributed by atoms with Crippen molar-refractivity contribution in [1.29, 1.82) is 0 Å². The molecule has 0 radical (unpaired) electrons. The fourth-order valence-electron chi connectivity index (χ4n) is 7.21. The van der Waals surface area contributed by atoms with E-state index in [1.807, 2.05) is 6.20 Å². The van der Waals surface area contributed by atoms with E-state index in [1.165, 1.54) is 16.9 Å². The summed E-state index contributed by atoms with van der Waals surface area (Å²) in [6, 6.07) is 5.22. The molecule has 1 aromatic carbocycles. The van der Waals surface area contributed by atoms with E-state index in [-0.39, 0.29) is 16.8 Å². The van der Waals surface area contributed by atoms with Gasteiger partial charge in [-0.05, 0) is 61.7 Å². The number of aromatic carboxylic acids is 1. The molecule has 3 aliphatic rings. The maximum Gasteiger partial charge on any atom is 0.341 e. The molecule has 1 unspecified atom stereocenters. The molecule has 4 aromatic rings. The summed E-state index contributed by atoms with van der Waals surface area (Å²) in [6.45, 7) is 2.75. The normalized spacial score (nSPS) is 19.5. The summed E-state index contributed by atoms with van der Waals surface area (Å²) in [4.78, 5) is 39.5. The second-order valence-corrected chi connectivity index (χ2v) is 11.5. The van der Waals surface area contributed by atoms with Crippen molar-refractivity contribution in [3.63, 3.8) is 0 Å². The number of benzene rings is 1. The molecule has 2 atom stereocenters. The van der Waals surface area contributed by atoms with Gasteiger partial charge in [0.25, 0.3) is 0 Å². The van der Waals surface area contributed by atoms with Crippen LogP contribution < -0.4 is 21.1 Å². The van der Waals surface area contributed by atoms with Crippen LogP contribution in [0.1, 0.15) is 34.5 Å². The lowest BCUT2D eigenvalue weighted by atomic mass is 9.93. The Morgan fingerprint density at radius 3 is 2.69 bits per heavy atom. The number of nitrogens with one attached hydrogen (secondary N) is 2. The van der Waals surface area contributed by atoms with Crippen LogP contribution in [0.5, 0.6) is 0 Å². The molecule has 11 heteroatoms. The van der Waals surface area contributed by atoms with Gasteiger partial charge in [-0.1, -0.05) is 0 Å². The number of piperidine rings is 1. The monoisotopic (exact) mass is 569 g/mol. The lowest BCUT2D eigenvalue weighted by Crippen LogP contribution is -2.42. The summed E-state index contributed by atoms with van der Waals surface area (Å²) in [7, 11) is 5.61. The van der Waals surface area contributed by atoms with E-state index >= 15 is 0 Å². The number of halogens is 1. The highest BCUT2D eigenvalue weighted by Crippen LogP contribution is 2.50. The predicted octanol–water partition coefficient (Wildman–Crippen LogP) is 3.61. The Balaban J connectivity index is 1.48. The van der Waals surface area contributed by atoms with Gasteiger partial charge in [0, 0.05) is 80.6 Å². The third-order valence-corrected chi connectivity index (χ3v) is 9.23. The number of carboxylic acid groups (broad SMARTS) is 1. The van der Waals surface area contributed by atoms with Crippen molar-refractivity contribution in [1.82, 2.24) is 19.5 Å². The second kappa shape index (κ2) is 9.80. The Morgan fingerprint density at radius 1 is 1.12 bits per heavy atom.